The predicted molar refractivity (Wildman–Crippen MR) is 88.9 cm³/mol. The van der Waals surface area contributed by atoms with Crippen LogP contribution in [-0.4, -0.2) is 29.8 Å². The molecule has 2 heterocycles. The second-order valence-electron chi connectivity index (χ2n) is 5.76. The van der Waals surface area contributed by atoms with E-state index in [1.807, 2.05) is 48.5 Å². The molecule has 0 aliphatic carbocycles. The van der Waals surface area contributed by atoms with Crippen LogP contribution in [0.3, 0.4) is 0 Å². The Morgan fingerprint density at radius 2 is 2.04 bits per heavy atom. The Bertz CT molecular complexity index is 660. The SMILES string of the molecule is NC(=O)O[C@H]1CCCN[C@H]1Cc1cccc(-c2ccccc2)n1. The van der Waals surface area contributed by atoms with Gasteiger partial charge in [-0.25, -0.2) is 4.79 Å². The van der Waals surface area contributed by atoms with Gasteiger partial charge in [-0.15, -0.1) is 0 Å². The van der Waals surface area contributed by atoms with Crippen molar-refractivity contribution in [2.24, 2.45) is 5.73 Å². The van der Waals surface area contributed by atoms with E-state index in [2.05, 4.69) is 5.32 Å². The number of nitrogens with one attached hydrogen (secondary N) is 1. The maximum absolute atomic E-state index is 11.1. The van der Waals surface area contributed by atoms with E-state index in [1.54, 1.807) is 0 Å². The third kappa shape index (κ3) is 4.07. The minimum absolute atomic E-state index is 0.0507. The second-order valence-corrected chi connectivity index (χ2v) is 5.76. The topological polar surface area (TPSA) is 77.2 Å². The molecule has 1 fully saturated rings. The average molecular weight is 311 g/mol. The second kappa shape index (κ2) is 7.24. The summed E-state index contributed by atoms with van der Waals surface area (Å²) in [5.41, 5.74) is 8.19. The van der Waals surface area contributed by atoms with Crippen LogP contribution in [0.15, 0.2) is 48.5 Å². The van der Waals surface area contributed by atoms with Crippen LogP contribution in [0.4, 0.5) is 4.79 Å². The maximum Gasteiger partial charge on any atom is 0.404 e. The number of amides is 1. The summed E-state index contributed by atoms with van der Waals surface area (Å²) in [7, 11) is 0. The Labute approximate surface area is 135 Å². The fourth-order valence-corrected chi connectivity index (χ4v) is 3.01. The smallest absolute Gasteiger partial charge is 0.404 e. The molecule has 5 nitrogen and oxygen atoms in total. The van der Waals surface area contributed by atoms with Gasteiger partial charge in [0.25, 0.3) is 0 Å². The number of primary amides is 1. The number of aromatic nitrogens is 1. The van der Waals surface area contributed by atoms with E-state index in [0.717, 1.165) is 36.3 Å². The highest BCUT2D eigenvalue weighted by molar-refractivity contribution is 5.65. The zero-order chi connectivity index (χ0) is 16.1. The lowest BCUT2D eigenvalue weighted by molar-refractivity contribution is 0.0616. The number of pyridine rings is 1. The molecule has 3 N–H and O–H groups in total. The first-order valence-corrected chi connectivity index (χ1v) is 7.93. The molecule has 0 radical (unpaired) electrons. The van der Waals surface area contributed by atoms with Crippen LogP contribution in [0.5, 0.6) is 0 Å². The number of rotatable bonds is 4. The van der Waals surface area contributed by atoms with Gasteiger partial charge in [0.1, 0.15) is 6.10 Å². The molecule has 1 amide bonds. The average Bonchev–Trinajstić information content (AvgIpc) is 2.57. The summed E-state index contributed by atoms with van der Waals surface area (Å²) in [4.78, 5) is 15.8. The van der Waals surface area contributed by atoms with Gasteiger partial charge in [-0.3, -0.25) is 4.98 Å². The Hall–Kier alpha value is -2.40. The summed E-state index contributed by atoms with van der Waals surface area (Å²) in [5, 5.41) is 3.41. The zero-order valence-corrected chi connectivity index (χ0v) is 12.9. The summed E-state index contributed by atoms with van der Waals surface area (Å²) in [6.07, 6.45) is 1.61. The van der Waals surface area contributed by atoms with Crippen molar-refractivity contribution >= 4 is 6.09 Å². The van der Waals surface area contributed by atoms with Crippen LogP contribution < -0.4 is 11.1 Å². The van der Waals surface area contributed by atoms with Gasteiger partial charge in [-0.2, -0.15) is 0 Å². The summed E-state index contributed by atoms with van der Waals surface area (Å²) in [5.74, 6) is 0. The fourth-order valence-electron chi connectivity index (χ4n) is 3.01. The molecule has 5 heteroatoms. The minimum atomic E-state index is -0.713. The molecule has 23 heavy (non-hydrogen) atoms. The van der Waals surface area contributed by atoms with Crippen molar-refractivity contribution < 1.29 is 9.53 Å². The number of piperidine rings is 1. The van der Waals surface area contributed by atoms with Gasteiger partial charge in [0.2, 0.25) is 0 Å². The minimum Gasteiger partial charge on any atom is -0.445 e. The Morgan fingerprint density at radius 3 is 2.83 bits per heavy atom. The number of benzene rings is 1. The maximum atomic E-state index is 11.1. The van der Waals surface area contributed by atoms with Gasteiger partial charge in [-0.1, -0.05) is 36.4 Å². The van der Waals surface area contributed by atoms with E-state index in [9.17, 15) is 4.79 Å². The van der Waals surface area contributed by atoms with Gasteiger partial charge >= 0.3 is 6.09 Å². The van der Waals surface area contributed by atoms with Crippen LogP contribution in [-0.2, 0) is 11.2 Å². The summed E-state index contributed by atoms with van der Waals surface area (Å²) >= 11 is 0. The van der Waals surface area contributed by atoms with Gasteiger partial charge in [0, 0.05) is 23.7 Å². The van der Waals surface area contributed by atoms with E-state index in [0.29, 0.717) is 6.42 Å². The molecule has 1 aromatic carbocycles. The summed E-state index contributed by atoms with van der Waals surface area (Å²) in [6, 6.07) is 16.2. The predicted octanol–water partition coefficient (Wildman–Crippen LogP) is 2.51. The molecule has 1 saturated heterocycles. The van der Waals surface area contributed by atoms with Crippen molar-refractivity contribution in [1.82, 2.24) is 10.3 Å². The van der Waals surface area contributed by atoms with Crippen molar-refractivity contribution in [2.45, 2.75) is 31.4 Å². The number of nitrogens with zero attached hydrogens (tertiary/aromatic N) is 1. The van der Waals surface area contributed by atoms with Crippen LogP contribution in [0.2, 0.25) is 0 Å². The van der Waals surface area contributed by atoms with Crippen LogP contribution >= 0.6 is 0 Å². The highest BCUT2D eigenvalue weighted by atomic mass is 16.6. The highest BCUT2D eigenvalue weighted by Gasteiger charge is 2.28. The monoisotopic (exact) mass is 311 g/mol. The van der Waals surface area contributed by atoms with Crippen LogP contribution in [0.25, 0.3) is 11.3 Å². The first-order valence-electron chi connectivity index (χ1n) is 7.93. The Morgan fingerprint density at radius 1 is 1.22 bits per heavy atom. The summed E-state index contributed by atoms with van der Waals surface area (Å²) < 4.78 is 5.24. The molecule has 2 aromatic rings. The molecule has 1 aromatic heterocycles. The van der Waals surface area contributed by atoms with E-state index >= 15 is 0 Å². The van der Waals surface area contributed by atoms with Crippen molar-refractivity contribution in [3.8, 4) is 11.3 Å². The Balaban J connectivity index is 1.75. The highest BCUT2D eigenvalue weighted by Crippen LogP contribution is 2.20. The van der Waals surface area contributed by atoms with Crippen molar-refractivity contribution in [2.75, 3.05) is 6.54 Å². The van der Waals surface area contributed by atoms with Crippen molar-refractivity contribution in [3.05, 3.63) is 54.2 Å². The van der Waals surface area contributed by atoms with Crippen molar-refractivity contribution in [1.29, 1.82) is 0 Å². The number of carbonyl (C=O) groups is 1. The van der Waals surface area contributed by atoms with Gasteiger partial charge in [0.15, 0.2) is 0 Å². The molecule has 0 spiro atoms. The number of hydrogen-bond acceptors (Lipinski definition) is 4. The van der Waals surface area contributed by atoms with E-state index < -0.39 is 6.09 Å². The standard InChI is InChI=1S/C18H21N3O2/c19-18(22)23-17-10-5-11-20-16(17)12-14-8-4-9-15(21-14)13-6-2-1-3-7-13/h1-4,6-9,16-17,20H,5,10-12H2,(H2,19,22)/t16-,17-/m0/s1. The van der Waals surface area contributed by atoms with Gasteiger partial charge in [0.05, 0.1) is 5.69 Å². The normalized spacial score (nSPS) is 20.9. The lowest BCUT2D eigenvalue weighted by Crippen LogP contribution is -2.48. The first kappa shape index (κ1) is 15.5. The molecule has 2 atom stereocenters. The van der Waals surface area contributed by atoms with Crippen LogP contribution in [0.1, 0.15) is 18.5 Å². The molecule has 0 unspecified atom stereocenters. The third-order valence-electron chi connectivity index (χ3n) is 4.09. The molecular formula is C18H21N3O2. The summed E-state index contributed by atoms with van der Waals surface area (Å²) in [6.45, 7) is 0.918. The Kier molecular flexibility index (Phi) is 4.88. The number of ether oxygens (including phenoxy) is 1. The number of carbonyl (C=O) groups excluding carboxylic acids is 1. The van der Waals surface area contributed by atoms with Gasteiger partial charge in [-0.05, 0) is 31.5 Å². The molecule has 120 valence electrons. The van der Waals surface area contributed by atoms with E-state index in [-0.39, 0.29) is 12.1 Å². The van der Waals surface area contributed by atoms with Gasteiger partial charge < -0.3 is 15.8 Å². The van der Waals surface area contributed by atoms with Crippen LogP contribution in [0, 0.1) is 0 Å². The quantitative estimate of drug-likeness (QED) is 0.909. The third-order valence-corrected chi connectivity index (χ3v) is 4.09. The molecule has 0 bridgehead atoms. The lowest BCUT2D eigenvalue weighted by atomic mass is 9.96. The molecule has 1 aliphatic heterocycles. The fraction of sp³-hybridized carbons (Fsp3) is 0.333. The molecule has 0 saturated carbocycles. The van der Waals surface area contributed by atoms with E-state index in [1.165, 1.54) is 0 Å². The first-order chi connectivity index (χ1) is 11.2. The molecule has 1 aliphatic rings. The lowest BCUT2D eigenvalue weighted by Gasteiger charge is -2.31. The molecule has 3 rings (SSSR count). The van der Waals surface area contributed by atoms with E-state index in [4.69, 9.17) is 15.5 Å². The zero-order valence-electron chi connectivity index (χ0n) is 12.9. The number of hydrogen-bond donors (Lipinski definition) is 2. The molecular weight excluding hydrogens is 290 g/mol. The largest absolute Gasteiger partial charge is 0.445 e. The number of nitrogens with two attached hydrogens (primary N) is 1. The van der Waals surface area contributed by atoms with Crippen molar-refractivity contribution in [3.63, 3.8) is 0 Å².